The molecule has 2 aromatic carbocycles. The average molecular weight is 421 g/mol. The maximum absolute atomic E-state index is 12.3. The molecule has 2 N–H and O–H groups in total. The SMILES string of the molecule is CCNC(=O)COc1ccc(CNC(=O)Cc2ccc(-n3cccc3)cc2)cc1OC. The van der Waals surface area contributed by atoms with Gasteiger partial charge in [0.15, 0.2) is 18.1 Å². The average Bonchev–Trinajstić information content (AvgIpc) is 3.32. The summed E-state index contributed by atoms with van der Waals surface area (Å²) in [6.45, 7) is 2.69. The Labute approximate surface area is 182 Å². The third-order valence-electron chi connectivity index (χ3n) is 4.65. The van der Waals surface area contributed by atoms with Gasteiger partial charge in [0.1, 0.15) is 0 Å². The highest BCUT2D eigenvalue weighted by Crippen LogP contribution is 2.28. The highest BCUT2D eigenvalue weighted by Gasteiger charge is 2.10. The first kappa shape index (κ1) is 22.0. The van der Waals surface area contributed by atoms with Crippen LogP contribution in [-0.2, 0) is 22.6 Å². The lowest BCUT2D eigenvalue weighted by atomic mass is 10.1. The van der Waals surface area contributed by atoms with E-state index in [2.05, 4.69) is 10.6 Å². The van der Waals surface area contributed by atoms with Crippen molar-refractivity contribution in [3.63, 3.8) is 0 Å². The van der Waals surface area contributed by atoms with E-state index in [0.29, 0.717) is 31.0 Å². The number of hydrogen-bond donors (Lipinski definition) is 2. The fourth-order valence-corrected chi connectivity index (χ4v) is 3.07. The smallest absolute Gasteiger partial charge is 0.257 e. The van der Waals surface area contributed by atoms with Gasteiger partial charge in [-0.05, 0) is 54.4 Å². The quantitative estimate of drug-likeness (QED) is 0.528. The predicted molar refractivity (Wildman–Crippen MR) is 118 cm³/mol. The molecule has 0 bridgehead atoms. The molecular formula is C24H27N3O4. The van der Waals surface area contributed by atoms with Gasteiger partial charge >= 0.3 is 0 Å². The first-order valence-corrected chi connectivity index (χ1v) is 10.1. The predicted octanol–water partition coefficient (Wildman–Crippen LogP) is 2.86. The zero-order valence-corrected chi connectivity index (χ0v) is 17.8. The van der Waals surface area contributed by atoms with Gasteiger partial charge < -0.3 is 24.7 Å². The van der Waals surface area contributed by atoms with E-state index in [0.717, 1.165) is 16.8 Å². The second kappa shape index (κ2) is 10.9. The number of amides is 2. The molecule has 0 unspecified atom stereocenters. The van der Waals surface area contributed by atoms with Gasteiger partial charge in [-0.25, -0.2) is 0 Å². The molecule has 0 aliphatic heterocycles. The number of aromatic nitrogens is 1. The first-order chi connectivity index (χ1) is 15.1. The Hall–Kier alpha value is -3.74. The maximum Gasteiger partial charge on any atom is 0.257 e. The molecule has 0 atom stereocenters. The Morgan fingerprint density at radius 2 is 1.61 bits per heavy atom. The van der Waals surface area contributed by atoms with Gasteiger partial charge in [0.05, 0.1) is 13.5 Å². The monoisotopic (exact) mass is 421 g/mol. The van der Waals surface area contributed by atoms with Crippen molar-refractivity contribution in [3.05, 3.63) is 78.1 Å². The highest BCUT2D eigenvalue weighted by atomic mass is 16.5. The Morgan fingerprint density at radius 1 is 0.903 bits per heavy atom. The van der Waals surface area contributed by atoms with E-state index in [1.165, 1.54) is 7.11 Å². The fraction of sp³-hybridized carbons (Fsp3) is 0.250. The minimum absolute atomic E-state index is 0.0655. The van der Waals surface area contributed by atoms with Crippen molar-refractivity contribution in [1.82, 2.24) is 15.2 Å². The molecular weight excluding hydrogens is 394 g/mol. The van der Waals surface area contributed by atoms with Crippen molar-refractivity contribution in [2.75, 3.05) is 20.3 Å². The van der Waals surface area contributed by atoms with Crippen LogP contribution < -0.4 is 20.1 Å². The lowest BCUT2D eigenvalue weighted by Gasteiger charge is -2.12. The number of rotatable bonds is 10. The molecule has 0 fully saturated rings. The number of ether oxygens (including phenoxy) is 2. The summed E-state index contributed by atoms with van der Waals surface area (Å²) in [6, 6.07) is 17.2. The van der Waals surface area contributed by atoms with E-state index in [1.54, 1.807) is 12.1 Å². The highest BCUT2D eigenvalue weighted by molar-refractivity contribution is 5.78. The molecule has 3 aromatic rings. The largest absolute Gasteiger partial charge is 0.493 e. The van der Waals surface area contributed by atoms with Crippen molar-refractivity contribution < 1.29 is 19.1 Å². The van der Waals surface area contributed by atoms with E-state index in [-0.39, 0.29) is 18.4 Å². The van der Waals surface area contributed by atoms with Gasteiger partial charge in [0, 0.05) is 31.2 Å². The zero-order chi connectivity index (χ0) is 22.1. The summed E-state index contributed by atoms with van der Waals surface area (Å²) >= 11 is 0. The number of likely N-dealkylation sites (N-methyl/N-ethyl adjacent to an activating group) is 1. The van der Waals surface area contributed by atoms with Crippen LogP contribution in [0.4, 0.5) is 0 Å². The van der Waals surface area contributed by atoms with Crippen molar-refractivity contribution in [2.24, 2.45) is 0 Å². The Kier molecular flexibility index (Phi) is 7.70. The van der Waals surface area contributed by atoms with E-state index in [9.17, 15) is 9.59 Å². The lowest BCUT2D eigenvalue weighted by molar-refractivity contribution is -0.123. The van der Waals surface area contributed by atoms with Crippen LogP contribution in [0, 0.1) is 0 Å². The minimum Gasteiger partial charge on any atom is -0.493 e. The Balaban J connectivity index is 1.51. The molecule has 7 heteroatoms. The zero-order valence-electron chi connectivity index (χ0n) is 17.8. The summed E-state index contributed by atoms with van der Waals surface area (Å²) in [5.41, 5.74) is 2.87. The van der Waals surface area contributed by atoms with Crippen LogP contribution in [0.15, 0.2) is 67.0 Å². The molecule has 1 aromatic heterocycles. The fourth-order valence-electron chi connectivity index (χ4n) is 3.07. The molecule has 0 saturated carbocycles. The second-order valence-electron chi connectivity index (χ2n) is 6.94. The molecule has 3 rings (SSSR count). The van der Waals surface area contributed by atoms with E-state index < -0.39 is 0 Å². The number of nitrogens with one attached hydrogen (secondary N) is 2. The van der Waals surface area contributed by atoms with Crippen LogP contribution in [-0.4, -0.2) is 36.6 Å². The van der Waals surface area contributed by atoms with Gasteiger partial charge in [0.25, 0.3) is 5.91 Å². The maximum atomic E-state index is 12.3. The molecule has 2 amide bonds. The summed E-state index contributed by atoms with van der Waals surface area (Å²) < 4.78 is 12.9. The molecule has 162 valence electrons. The number of nitrogens with zero attached hydrogens (tertiary/aromatic N) is 1. The van der Waals surface area contributed by atoms with Crippen LogP contribution in [0.1, 0.15) is 18.1 Å². The van der Waals surface area contributed by atoms with Crippen molar-refractivity contribution in [1.29, 1.82) is 0 Å². The molecule has 1 heterocycles. The number of carbonyl (C=O) groups is 2. The van der Waals surface area contributed by atoms with Crippen LogP contribution in [0.25, 0.3) is 5.69 Å². The normalized spacial score (nSPS) is 10.4. The molecule has 0 aliphatic rings. The molecule has 0 radical (unpaired) electrons. The van der Waals surface area contributed by atoms with Gasteiger partial charge in [-0.3, -0.25) is 9.59 Å². The van der Waals surface area contributed by atoms with Crippen LogP contribution in [0.2, 0.25) is 0 Å². The first-order valence-electron chi connectivity index (χ1n) is 10.1. The Bertz CT molecular complexity index is 998. The Morgan fingerprint density at radius 3 is 2.29 bits per heavy atom. The van der Waals surface area contributed by atoms with Gasteiger partial charge in [-0.1, -0.05) is 18.2 Å². The molecule has 0 spiro atoms. The molecule has 0 saturated heterocycles. The lowest BCUT2D eigenvalue weighted by Crippen LogP contribution is -2.28. The number of carbonyl (C=O) groups excluding carboxylic acids is 2. The standard InChI is InChI=1S/C24H27N3O4/c1-3-25-24(29)17-31-21-11-8-19(14-22(21)30-2)16-26-23(28)15-18-6-9-20(10-7-18)27-12-4-5-13-27/h4-14H,3,15-17H2,1-2H3,(H,25,29)(H,26,28). The van der Waals surface area contributed by atoms with Crippen molar-refractivity contribution in [2.45, 2.75) is 19.9 Å². The summed E-state index contributed by atoms with van der Waals surface area (Å²) in [4.78, 5) is 23.9. The summed E-state index contributed by atoms with van der Waals surface area (Å²) in [7, 11) is 1.54. The summed E-state index contributed by atoms with van der Waals surface area (Å²) in [6.07, 6.45) is 4.26. The van der Waals surface area contributed by atoms with Crippen LogP contribution in [0.5, 0.6) is 11.5 Å². The summed E-state index contributed by atoms with van der Waals surface area (Å²) in [5.74, 6) is 0.731. The third-order valence-corrected chi connectivity index (χ3v) is 4.65. The molecule has 7 nitrogen and oxygen atoms in total. The summed E-state index contributed by atoms with van der Waals surface area (Å²) in [5, 5.41) is 5.60. The topological polar surface area (TPSA) is 81.6 Å². The second-order valence-corrected chi connectivity index (χ2v) is 6.94. The third kappa shape index (κ3) is 6.37. The molecule has 31 heavy (non-hydrogen) atoms. The number of benzene rings is 2. The van der Waals surface area contributed by atoms with Crippen LogP contribution >= 0.6 is 0 Å². The van der Waals surface area contributed by atoms with E-state index in [1.807, 2.05) is 66.3 Å². The molecule has 0 aliphatic carbocycles. The minimum atomic E-state index is -0.192. The number of methoxy groups -OCH3 is 1. The van der Waals surface area contributed by atoms with Gasteiger partial charge in [-0.2, -0.15) is 0 Å². The van der Waals surface area contributed by atoms with Crippen molar-refractivity contribution >= 4 is 11.8 Å². The van der Waals surface area contributed by atoms with E-state index >= 15 is 0 Å². The number of hydrogen-bond acceptors (Lipinski definition) is 4. The van der Waals surface area contributed by atoms with Crippen molar-refractivity contribution in [3.8, 4) is 17.2 Å². The van der Waals surface area contributed by atoms with Gasteiger partial charge in [-0.15, -0.1) is 0 Å². The van der Waals surface area contributed by atoms with E-state index in [4.69, 9.17) is 9.47 Å². The van der Waals surface area contributed by atoms with Gasteiger partial charge in [0.2, 0.25) is 5.91 Å². The van der Waals surface area contributed by atoms with Crippen LogP contribution in [0.3, 0.4) is 0 Å².